The molecule has 1 aliphatic rings. The highest BCUT2D eigenvalue weighted by Crippen LogP contribution is 2.22. The molecule has 0 aromatic heterocycles. The Labute approximate surface area is 145 Å². The maximum Gasteiger partial charge on any atom is 0.222 e. The fourth-order valence-electron chi connectivity index (χ4n) is 2.84. The summed E-state index contributed by atoms with van der Waals surface area (Å²) in [4.78, 5) is 14.5. The number of aliphatic hydroxyl groups excluding tert-OH is 1. The highest BCUT2D eigenvalue weighted by Gasteiger charge is 2.23. The number of ether oxygens (including phenoxy) is 1. The van der Waals surface area contributed by atoms with Gasteiger partial charge in [0.2, 0.25) is 5.91 Å². The van der Waals surface area contributed by atoms with Gasteiger partial charge in [0.1, 0.15) is 0 Å². The number of rotatable bonds is 7. The van der Waals surface area contributed by atoms with Crippen molar-refractivity contribution in [2.75, 3.05) is 32.8 Å². The van der Waals surface area contributed by atoms with Crippen LogP contribution in [-0.4, -0.2) is 54.9 Å². The number of benzene rings is 1. The first-order valence-corrected chi connectivity index (χ1v) is 8.80. The Morgan fingerprint density at radius 2 is 1.88 bits per heavy atom. The predicted octanol–water partition coefficient (Wildman–Crippen LogP) is 1.89. The van der Waals surface area contributed by atoms with Gasteiger partial charge in [-0.3, -0.25) is 9.69 Å². The van der Waals surface area contributed by atoms with Crippen LogP contribution in [0.25, 0.3) is 0 Å². The minimum atomic E-state index is -0.591. The number of morpholine rings is 1. The van der Waals surface area contributed by atoms with E-state index in [0.29, 0.717) is 6.54 Å². The van der Waals surface area contributed by atoms with Crippen molar-refractivity contribution in [3.8, 4) is 0 Å². The molecule has 1 heterocycles. The smallest absolute Gasteiger partial charge is 0.222 e. The number of carbonyl (C=O) groups excluding carboxylic acids is 1. The third kappa shape index (κ3) is 5.58. The highest BCUT2D eigenvalue weighted by atomic mass is 16.5. The number of carbonyl (C=O) groups is 1. The summed E-state index contributed by atoms with van der Waals surface area (Å²) in [6.07, 6.45) is -0.437. The molecule has 1 aliphatic heterocycles. The zero-order valence-corrected chi connectivity index (χ0v) is 15.0. The maximum atomic E-state index is 12.1. The molecule has 5 nitrogen and oxygen atoms in total. The van der Waals surface area contributed by atoms with E-state index in [1.165, 1.54) is 11.1 Å². The van der Waals surface area contributed by atoms with Gasteiger partial charge in [0, 0.05) is 19.6 Å². The van der Waals surface area contributed by atoms with Gasteiger partial charge in [-0.05, 0) is 18.4 Å². The van der Waals surface area contributed by atoms with Crippen molar-refractivity contribution in [1.82, 2.24) is 10.2 Å². The van der Waals surface area contributed by atoms with Gasteiger partial charge in [-0.2, -0.15) is 0 Å². The number of nitrogens with one attached hydrogen (secondary N) is 1. The second-order valence-corrected chi connectivity index (χ2v) is 6.89. The molecule has 0 radical (unpaired) electrons. The summed E-state index contributed by atoms with van der Waals surface area (Å²) in [6.45, 7) is 9.63. The van der Waals surface area contributed by atoms with Crippen molar-refractivity contribution < 1.29 is 14.6 Å². The Bertz CT molecular complexity index is 510. The van der Waals surface area contributed by atoms with E-state index in [9.17, 15) is 9.90 Å². The zero-order valence-electron chi connectivity index (χ0n) is 15.0. The molecule has 1 saturated heterocycles. The lowest BCUT2D eigenvalue weighted by Crippen LogP contribution is -2.44. The van der Waals surface area contributed by atoms with Crippen LogP contribution < -0.4 is 5.32 Å². The van der Waals surface area contributed by atoms with E-state index in [2.05, 4.69) is 41.4 Å². The monoisotopic (exact) mass is 334 g/mol. The molecule has 0 spiro atoms. The topological polar surface area (TPSA) is 61.8 Å². The highest BCUT2D eigenvalue weighted by molar-refractivity contribution is 5.76. The van der Waals surface area contributed by atoms with E-state index in [-0.39, 0.29) is 24.3 Å². The summed E-state index contributed by atoms with van der Waals surface area (Å²) in [5.74, 6) is -0.00976. The van der Waals surface area contributed by atoms with E-state index in [4.69, 9.17) is 4.74 Å². The first kappa shape index (κ1) is 18.9. The van der Waals surface area contributed by atoms with E-state index < -0.39 is 6.10 Å². The fraction of sp³-hybridized carbons (Fsp3) is 0.632. The molecular formula is C19H30N2O3. The first-order valence-electron chi connectivity index (χ1n) is 8.80. The molecule has 2 unspecified atom stereocenters. The fourth-order valence-corrected chi connectivity index (χ4v) is 2.84. The van der Waals surface area contributed by atoms with Crippen LogP contribution in [0.5, 0.6) is 0 Å². The van der Waals surface area contributed by atoms with Gasteiger partial charge in [-0.25, -0.2) is 0 Å². The van der Waals surface area contributed by atoms with Crippen LogP contribution in [0.2, 0.25) is 0 Å². The lowest BCUT2D eigenvalue weighted by atomic mass is 10.0. The van der Waals surface area contributed by atoms with Crippen LogP contribution in [0.1, 0.15) is 37.4 Å². The molecule has 0 bridgehead atoms. The van der Waals surface area contributed by atoms with Crippen LogP contribution >= 0.6 is 0 Å². The van der Waals surface area contributed by atoms with E-state index >= 15 is 0 Å². The van der Waals surface area contributed by atoms with Gasteiger partial charge >= 0.3 is 0 Å². The predicted molar refractivity (Wildman–Crippen MR) is 94.8 cm³/mol. The van der Waals surface area contributed by atoms with Crippen molar-refractivity contribution in [3.63, 3.8) is 0 Å². The average molecular weight is 334 g/mol. The Morgan fingerprint density at radius 1 is 1.25 bits per heavy atom. The van der Waals surface area contributed by atoms with Gasteiger partial charge in [0.25, 0.3) is 0 Å². The Kier molecular flexibility index (Phi) is 7.21. The summed E-state index contributed by atoms with van der Waals surface area (Å²) >= 11 is 0. The second-order valence-electron chi connectivity index (χ2n) is 6.89. The first-order chi connectivity index (χ1) is 11.5. The number of amides is 1. The normalized spacial score (nSPS) is 18.4. The third-order valence-corrected chi connectivity index (χ3v) is 4.61. The third-order valence-electron chi connectivity index (χ3n) is 4.61. The number of hydrogen-bond donors (Lipinski definition) is 2. The molecule has 1 aromatic carbocycles. The van der Waals surface area contributed by atoms with Gasteiger partial charge in [-0.15, -0.1) is 0 Å². The minimum Gasteiger partial charge on any atom is -0.392 e. The molecule has 2 rings (SSSR count). The lowest BCUT2D eigenvalue weighted by Gasteiger charge is -2.35. The molecule has 2 N–H and O–H groups in total. The van der Waals surface area contributed by atoms with Gasteiger partial charge in [0.15, 0.2) is 0 Å². The Hall–Kier alpha value is -1.43. The van der Waals surface area contributed by atoms with Crippen LogP contribution in [-0.2, 0) is 9.53 Å². The summed E-state index contributed by atoms with van der Waals surface area (Å²) in [5, 5.41) is 12.9. The largest absolute Gasteiger partial charge is 0.392 e. The molecule has 0 aliphatic carbocycles. The second kappa shape index (κ2) is 9.16. The van der Waals surface area contributed by atoms with Crippen molar-refractivity contribution in [3.05, 3.63) is 35.4 Å². The number of nitrogens with zero attached hydrogens (tertiary/aromatic N) is 1. The summed E-state index contributed by atoms with van der Waals surface area (Å²) in [6, 6.07) is 8.60. The van der Waals surface area contributed by atoms with Crippen molar-refractivity contribution >= 4 is 5.91 Å². The minimum absolute atomic E-state index is 0.0860. The lowest BCUT2D eigenvalue weighted by molar-refractivity contribution is -0.123. The quantitative estimate of drug-likeness (QED) is 0.799. The van der Waals surface area contributed by atoms with E-state index in [1.807, 2.05) is 13.8 Å². The SMILES string of the molecule is Cc1ccc(C(CNC(=O)CC(O)C(C)C)N2CCOCC2)cc1. The molecule has 5 heteroatoms. The molecule has 1 aromatic rings. The number of aryl methyl sites for hydroxylation is 1. The number of hydrogen-bond acceptors (Lipinski definition) is 4. The number of aliphatic hydroxyl groups is 1. The summed E-state index contributed by atoms with van der Waals surface area (Å²) in [7, 11) is 0. The van der Waals surface area contributed by atoms with E-state index in [1.54, 1.807) is 0 Å². The van der Waals surface area contributed by atoms with Crippen molar-refractivity contribution in [2.24, 2.45) is 5.92 Å². The molecule has 0 saturated carbocycles. The van der Waals surface area contributed by atoms with Crippen LogP contribution in [0.3, 0.4) is 0 Å². The summed E-state index contributed by atoms with van der Waals surface area (Å²) < 4.78 is 5.45. The Balaban J connectivity index is 2.00. The van der Waals surface area contributed by atoms with Crippen LogP contribution in [0.4, 0.5) is 0 Å². The average Bonchev–Trinajstić information content (AvgIpc) is 2.57. The standard InChI is InChI=1S/C19H30N2O3/c1-14(2)18(22)12-19(23)20-13-17(21-8-10-24-11-9-21)16-6-4-15(3)5-7-16/h4-7,14,17-18,22H,8-13H2,1-3H3,(H,20,23). The molecule has 1 amide bonds. The van der Waals surface area contributed by atoms with Crippen LogP contribution in [0.15, 0.2) is 24.3 Å². The van der Waals surface area contributed by atoms with E-state index in [0.717, 1.165) is 26.3 Å². The maximum absolute atomic E-state index is 12.1. The van der Waals surface area contributed by atoms with Crippen LogP contribution in [0, 0.1) is 12.8 Å². The van der Waals surface area contributed by atoms with Crippen molar-refractivity contribution in [2.45, 2.75) is 39.3 Å². The molecular weight excluding hydrogens is 304 g/mol. The van der Waals surface area contributed by atoms with Gasteiger partial charge in [-0.1, -0.05) is 43.7 Å². The molecule has 24 heavy (non-hydrogen) atoms. The summed E-state index contributed by atoms with van der Waals surface area (Å²) in [5.41, 5.74) is 2.43. The zero-order chi connectivity index (χ0) is 17.5. The Morgan fingerprint density at radius 3 is 2.46 bits per heavy atom. The van der Waals surface area contributed by atoms with Gasteiger partial charge < -0.3 is 15.2 Å². The van der Waals surface area contributed by atoms with Crippen molar-refractivity contribution in [1.29, 1.82) is 0 Å². The molecule has 1 fully saturated rings. The van der Waals surface area contributed by atoms with Gasteiger partial charge in [0.05, 0.1) is 31.8 Å². The molecule has 134 valence electrons. The molecule has 2 atom stereocenters.